The summed E-state index contributed by atoms with van der Waals surface area (Å²) in [6.07, 6.45) is 2.50. The van der Waals surface area contributed by atoms with Crippen LogP contribution < -0.4 is 0 Å². The molecule has 26 heavy (non-hydrogen) atoms. The van der Waals surface area contributed by atoms with Gasteiger partial charge in [0.05, 0.1) is 10.7 Å². The third-order valence-electron chi connectivity index (χ3n) is 4.38. The maximum Gasteiger partial charge on any atom is 0.410 e. The zero-order valence-electron chi connectivity index (χ0n) is 16.8. The number of aryl methyl sites for hydroxylation is 2. The van der Waals surface area contributed by atoms with E-state index in [9.17, 15) is 9.59 Å². The summed E-state index contributed by atoms with van der Waals surface area (Å²) < 4.78 is 5.42. The molecule has 0 radical (unpaired) electrons. The van der Waals surface area contributed by atoms with Gasteiger partial charge in [-0.15, -0.1) is 11.3 Å². The predicted octanol–water partition coefficient (Wildman–Crippen LogP) is 3.73. The van der Waals surface area contributed by atoms with E-state index in [1.807, 2.05) is 32.6 Å². The molecule has 1 aromatic heterocycles. The van der Waals surface area contributed by atoms with Gasteiger partial charge in [-0.3, -0.25) is 4.79 Å². The number of thiazole rings is 1. The zero-order chi connectivity index (χ0) is 19.5. The van der Waals surface area contributed by atoms with Gasteiger partial charge in [0.2, 0.25) is 0 Å². The molecular formula is C19H31N3O3S. The highest BCUT2D eigenvalue weighted by atomic mass is 32.1. The van der Waals surface area contributed by atoms with E-state index < -0.39 is 5.60 Å². The number of amides is 2. The van der Waals surface area contributed by atoms with E-state index in [1.54, 1.807) is 11.9 Å². The molecule has 2 rings (SSSR count). The molecule has 1 aromatic rings. The maximum atomic E-state index is 12.9. The van der Waals surface area contributed by atoms with Gasteiger partial charge in [0.15, 0.2) is 0 Å². The molecule has 1 aliphatic heterocycles. The van der Waals surface area contributed by atoms with Crippen LogP contribution in [0.1, 0.15) is 60.9 Å². The first-order chi connectivity index (χ1) is 12.1. The Bertz CT molecular complexity index is 651. The van der Waals surface area contributed by atoms with Crippen molar-refractivity contribution in [3.63, 3.8) is 0 Å². The quantitative estimate of drug-likeness (QED) is 0.797. The Labute approximate surface area is 160 Å². The smallest absolute Gasteiger partial charge is 0.410 e. The number of hydrogen-bond acceptors (Lipinski definition) is 5. The van der Waals surface area contributed by atoms with Gasteiger partial charge >= 0.3 is 6.09 Å². The predicted molar refractivity (Wildman–Crippen MR) is 104 cm³/mol. The minimum atomic E-state index is -0.499. The molecule has 146 valence electrons. The summed E-state index contributed by atoms with van der Waals surface area (Å²) in [7, 11) is 1.76. The van der Waals surface area contributed by atoms with Crippen molar-refractivity contribution in [2.45, 2.75) is 59.5 Å². The fourth-order valence-electron chi connectivity index (χ4n) is 3.15. The van der Waals surface area contributed by atoms with Gasteiger partial charge in [0.25, 0.3) is 5.91 Å². The number of carbonyl (C=O) groups excluding carboxylic acids is 2. The van der Waals surface area contributed by atoms with Crippen LogP contribution in [-0.2, 0) is 11.2 Å². The third kappa shape index (κ3) is 5.43. The Morgan fingerprint density at radius 3 is 2.65 bits per heavy atom. The van der Waals surface area contributed by atoms with Crippen LogP contribution in [0.15, 0.2) is 0 Å². The molecule has 0 saturated carbocycles. The van der Waals surface area contributed by atoms with Gasteiger partial charge in [0, 0.05) is 26.7 Å². The number of ether oxygens (including phenoxy) is 1. The van der Waals surface area contributed by atoms with E-state index >= 15 is 0 Å². The average molecular weight is 382 g/mol. The fourth-order valence-corrected chi connectivity index (χ4v) is 4.12. The van der Waals surface area contributed by atoms with Crippen LogP contribution in [0, 0.1) is 12.8 Å². The molecule has 1 fully saturated rings. The van der Waals surface area contributed by atoms with Crippen molar-refractivity contribution in [2.75, 3.05) is 26.7 Å². The van der Waals surface area contributed by atoms with Gasteiger partial charge in [-0.05, 0) is 52.9 Å². The van der Waals surface area contributed by atoms with Gasteiger partial charge in [0.1, 0.15) is 10.5 Å². The molecule has 0 aromatic carbocycles. The number of carbonyl (C=O) groups is 2. The van der Waals surface area contributed by atoms with Crippen molar-refractivity contribution in [3.8, 4) is 0 Å². The summed E-state index contributed by atoms with van der Waals surface area (Å²) in [5.41, 5.74) is 0.325. The Balaban J connectivity index is 1.97. The maximum absolute atomic E-state index is 12.9. The van der Waals surface area contributed by atoms with Crippen molar-refractivity contribution >= 4 is 23.3 Å². The first-order valence-electron chi connectivity index (χ1n) is 9.30. The van der Waals surface area contributed by atoms with E-state index in [-0.39, 0.29) is 17.9 Å². The highest BCUT2D eigenvalue weighted by Gasteiger charge is 2.29. The number of hydrogen-bond donors (Lipinski definition) is 0. The van der Waals surface area contributed by atoms with Gasteiger partial charge in [-0.2, -0.15) is 0 Å². The SMILES string of the molecule is CCc1nc(C)c(C(=O)N2CCCC(CN(C)C(=O)OC(C)(C)C)C2)s1. The lowest BCUT2D eigenvalue weighted by atomic mass is 9.97. The zero-order valence-corrected chi connectivity index (χ0v) is 17.6. The highest BCUT2D eigenvalue weighted by molar-refractivity contribution is 7.13. The molecule has 0 aliphatic carbocycles. The van der Waals surface area contributed by atoms with Crippen LogP contribution >= 0.6 is 11.3 Å². The average Bonchev–Trinajstić information content (AvgIpc) is 2.93. The molecule has 0 spiro atoms. The largest absolute Gasteiger partial charge is 0.444 e. The molecule has 1 saturated heterocycles. The monoisotopic (exact) mass is 381 g/mol. The van der Waals surface area contributed by atoms with Crippen LogP contribution in [0.3, 0.4) is 0 Å². The van der Waals surface area contributed by atoms with Crippen molar-refractivity contribution in [3.05, 3.63) is 15.6 Å². The molecule has 0 bridgehead atoms. The Morgan fingerprint density at radius 2 is 2.08 bits per heavy atom. The molecule has 6 nitrogen and oxygen atoms in total. The summed E-state index contributed by atoms with van der Waals surface area (Å²) in [5, 5.41) is 1.00. The number of rotatable bonds is 4. The second-order valence-electron chi connectivity index (χ2n) is 8.00. The summed E-state index contributed by atoms with van der Waals surface area (Å²) in [6.45, 7) is 11.6. The fraction of sp³-hybridized carbons (Fsp3) is 0.737. The molecule has 2 amide bonds. The van der Waals surface area contributed by atoms with Gasteiger partial charge < -0.3 is 14.5 Å². The lowest BCUT2D eigenvalue weighted by molar-refractivity contribution is 0.0244. The number of nitrogens with zero attached hydrogens (tertiary/aromatic N) is 3. The summed E-state index contributed by atoms with van der Waals surface area (Å²) in [4.78, 5) is 33.8. The van der Waals surface area contributed by atoms with Gasteiger partial charge in [-0.1, -0.05) is 6.92 Å². The Kier molecular flexibility index (Phi) is 6.66. The van der Waals surface area contributed by atoms with E-state index in [2.05, 4.69) is 11.9 Å². The lowest BCUT2D eigenvalue weighted by Gasteiger charge is -2.35. The summed E-state index contributed by atoms with van der Waals surface area (Å²) in [6, 6.07) is 0. The number of aromatic nitrogens is 1. The first-order valence-corrected chi connectivity index (χ1v) is 10.1. The third-order valence-corrected chi connectivity index (χ3v) is 5.67. The number of likely N-dealkylation sites (tertiary alicyclic amines) is 1. The van der Waals surface area contributed by atoms with Crippen LogP contribution in [-0.4, -0.2) is 59.1 Å². The molecule has 1 atom stereocenters. The molecule has 0 N–H and O–H groups in total. The van der Waals surface area contributed by atoms with Crippen LogP contribution in [0.4, 0.5) is 4.79 Å². The van der Waals surface area contributed by atoms with Crippen LogP contribution in [0.5, 0.6) is 0 Å². The van der Waals surface area contributed by atoms with Crippen molar-refractivity contribution < 1.29 is 14.3 Å². The Hall–Kier alpha value is -1.63. The molecule has 1 unspecified atom stereocenters. The molecular weight excluding hydrogens is 350 g/mol. The summed E-state index contributed by atoms with van der Waals surface area (Å²) >= 11 is 1.50. The summed E-state index contributed by atoms with van der Waals surface area (Å²) in [5.74, 6) is 0.341. The minimum Gasteiger partial charge on any atom is -0.444 e. The van der Waals surface area contributed by atoms with E-state index in [0.29, 0.717) is 13.1 Å². The minimum absolute atomic E-state index is 0.0734. The van der Waals surface area contributed by atoms with Crippen molar-refractivity contribution in [2.24, 2.45) is 5.92 Å². The van der Waals surface area contributed by atoms with Crippen LogP contribution in [0.25, 0.3) is 0 Å². The van der Waals surface area contributed by atoms with E-state index in [0.717, 1.165) is 41.4 Å². The van der Waals surface area contributed by atoms with Crippen LogP contribution in [0.2, 0.25) is 0 Å². The standard InChI is InChI=1S/C19H31N3O3S/c1-7-15-20-13(2)16(26-15)17(23)22-10-8-9-14(12-22)11-21(6)18(24)25-19(3,4)5/h14H,7-12H2,1-6H3. The molecule has 7 heteroatoms. The lowest BCUT2D eigenvalue weighted by Crippen LogP contribution is -2.45. The second-order valence-corrected chi connectivity index (χ2v) is 9.08. The van der Waals surface area contributed by atoms with Gasteiger partial charge in [-0.25, -0.2) is 9.78 Å². The van der Waals surface area contributed by atoms with Crippen molar-refractivity contribution in [1.29, 1.82) is 0 Å². The number of piperidine rings is 1. The first kappa shape index (κ1) is 20.7. The van der Waals surface area contributed by atoms with E-state index in [1.165, 1.54) is 11.3 Å². The molecule has 2 heterocycles. The van der Waals surface area contributed by atoms with Crippen molar-refractivity contribution in [1.82, 2.24) is 14.8 Å². The topological polar surface area (TPSA) is 62.7 Å². The molecule has 1 aliphatic rings. The normalized spacial score (nSPS) is 17.9. The second kappa shape index (κ2) is 8.37. The highest BCUT2D eigenvalue weighted by Crippen LogP contribution is 2.24. The Morgan fingerprint density at radius 1 is 1.38 bits per heavy atom. The van der Waals surface area contributed by atoms with E-state index in [4.69, 9.17) is 4.74 Å².